The predicted molar refractivity (Wildman–Crippen MR) is 85.7 cm³/mol. The molecule has 3 N–H and O–H groups in total. The van der Waals surface area contributed by atoms with Gasteiger partial charge in [-0.3, -0.25) is 4.79 Å². The molecule has 0 atom stereocenters. The number of nitrogens with one attached hydrogen (secondary N) is 1. The first kappa shape index (κ1) is 15.3. The molecule has 0 bridgehead atoms. The maximum atomic E-state index is 12.3. The SMILES string of the molecule is CN1CCC(C)(CNC(=O)c2cc(N)ccc2Br)CC1. The van der Waals surface area contributed by atoms with Crippen molar-refractivity contribution in [2.75, 3.05) is 32.4 Å². The number of carbonyl (C=O) groups is 1. The molecular weight excluding hydrogens is 318 g/mol. The lowest BCUT2D eigenvalue weighted by molar-refractivity contribution is 0.0891. The predicted octanol–water partition coefficient (Wildman–Crippen LogP) is 2.49. The number of anilines is 1. The van der Waals surface area contributed by atoms with E-state index >= 15 is 0 Å². The molecule has 0 aliphatic carbocycles. The van der Waals surface area contributed by atoms with Gasteiger partial charge in [0.1, 0.15) is 0 Å². The Morgan fingerprint density at radius 2 is 2.10 bits per heavy atom. The number of amides is 1. The van der Waals surface area contributed by atoms with E-state index in [0.717, 1.165) is 30.4 Å². The van der Waals surface area contributed by atoms with Crippen LogP contribution in [0.3, 0.4) is 0 Å². The lowest BCUT2D eigenvalue weighted by atomic mass is 9.80. The highest BCUT2D eigenvalue weighted by Crippen LogP contribution is 2.29. The summed E-state index contributed by atoms with van der Waals surface area (Å²) in [5.41, 5.74) is 7.13. The summed E-state index contributed by atoms with van der Waals surface area (Å²) in [5.74, 6) is -0.0654. The van der Waals surface area contributed by atoms with Crippen LogP contribution < -0.4 is 11.1 Å². The number of nitrogens with two attached hydrogens (primary N) is 1. The van der Waals surface area contributed by atoms with E-state index in [-0.39, 0.29) is 11.3 Å². The second kappa shape index (κ2) is 6.14. The van der Waals surface area contributed by atoms with Gasteiger partial charge in [-0.05, 0) is 72.5 Å². The zero-order valence-electron chi connectivity index (χ0n) is 12.1. The third-order valence-electron chi connectivity index (χ3n) is 4.10. The number of hydrogen-bond acceptors (Lipinski definition) is 3. The fourth-order valence-corrected chi connectivity index (χ4v) is 2.87. The number of benzene rings is 1. The topological polar surface area (TPSA) is 58.4 Å². The van der Waals surface area contributed by atoms with Gasteiger partial charge < -0.3 is 16.0 Å². The van der Waals surface area contributed by atoms with Crippen molar-refractivity contribution in [1.82, 2.24) is 10.2 Å². The van der Waals surface area contributed by atoms with E-state index in [1.54, 1.807) is 12.1 Å². The summed E-state index contributed by atoms with van der Waals surface area (Å²) in [6, 6.07) is 5.29. The Balaban J connectivity index is 1.97. The molecule has 1 heterocycles. The maximum absolute atomic E-state index is 12.3. The normalized spacial score (nSPS) is 18.8. The zero-order chi connectivity index (χ0) is 14.8. The molecule has 1 amide bonds. The Morgan fingerprint density at radius 3 is 2.75 bits per heavy atom. The average Bonchev–Trinajstić information content (AvgIpc) is 2.43. The van der Waals surface area contributed by atoms with Crippen molar-refractivity contribution in [3.63, 3.8) is 0 Å². The third-order valence-corrected chi connectivity index (χ3v) is 4.80. The molecule has 0 aromatic heterocycles. The highest BCUT2D eigenvalue weighted by Gasteiger charge is 2.29. The lowest BCUT2D eigenvalue weighted by Gasteiger charge is -2.38. The van der Waals surface area contributed by atoms with Gasteiger partial charge in [0.15, 0.2) is 0 Å². The number of halogens is 1. The Bertz CT molecular complexity index is 496. The first-order chi connectivity index (χ1) is 9.39. The molecule has 1 saturated heterocycles. The van der Waals surface area contributed by atoms with E-state index in [0.29, 0.717) is 17.8 Å². The lowest BCUT2D eigenvalue weighted by Crippen LogP contribution is -2.43. The fraction of sp³-hybridized carbons (Fsp3) is 0.533. The van der Waals surface area contributed by atoms with E-state index in [2.05, 4.69) is 40.1 Å². The highest BCUT2D eigenvalue weighted by molar-refractivity contribution is 9.10. The standard InChI is InChI=1S/C15H22BrN3O/c1-15(5-7-19(2)8-6-15)10-18-14(20)12-9-11(17)3-4-13(12)16/h3-4,9H,5-8,10,17H2,1-2H3,(H,18,20). The Morgan fingerprint density at radius 1 is 1.45 bits per heavy atom. The minimum absolute atomic E-state index is 0.0654. The van der Waals surface area contributed by atoms with Crippen LogP contribution >= 0.6 is 15.9 Å². The molecule has 1 aromatic rings. The number of nitrogens with zero attached hydrogens (tertiary/aromatic N) is 1. The first-order valence-corrected chi connectivity index (χ1v) is 7.71. The van der Waals surface area contributed by atoms with Gasteiger partial charge in [-0.15, -0.1) is 0 Å². The number of rotatable bonds is 3. The summed E-state index contributed by atoms with van der Waals surface area (Å²) in [5, 5.41) is 3.05. The molecular formula is C15H22BrN3O. The number of likely N-dealkylation sites (tertiary alicyclic amines) is 1. The van der Waals surface area contributed by atoms with Gasteiger partial charge in [0.05, 0.1) is 5.56 Å². The van der Waals surface area contributed by atoms with E-state index < -0.39 is 0 Å². The summed E-state index contributed by atoms with van der Waals surface area (Å²) < 4.78 is 0.776. The Labute approximate surface area is 128 Å². The monoisotopic (exact) mass is 339 g/mol. The minimum Gasteiger partial charge on any atom is -0.399 e. The number of hydrogen-bond donors (Lipinski definition) is 2. The van der Waals surface area contributed by atoms with Gasteiger partial charge >= 0.3 is 0 Å². The van der Waals surface area contributed by atoms with Crippen LogP contribution in [0.1, 0.15) is 30.1 Å². The third kappa shape index (κ3) is 3.73. The van der Waals surface area contributed by atoms with Crippen molar-refractivity contribution >= 4 is 27.5 Å². The smallest absolute Gasteiger partial charge is 0.252 e. The van der Waals surface area contributed by atoms with Crippen LogP contribution in [0, 0.1) is 5.41 Å². The van der Waals surface area contributed by atoms with E-state index in [9.17, 15) is 4.79 Å². The molecule has 0 saturated carbocycles. The van der Waals surface area contributed by atoms with Gasteiger partial charge in [-0.25, -0.2) is 0 Å². The summed E-state index contributed by atoms with van der Waals surface area (Å²) in [6.45, 7) is 5.14. The molecule has 1 fully saturated rings. The highest BCUT2D eigenvalue weighted by atomic mass is 79.9. The van der Waals surface area contributed by atoms with Crippen molar-refractivity contribution < 1.29 is 4.79 Å². The van der Waals surface area contributed by atoms with Gasteiger partial charge in [0.2, 0.25) is 0 Å². The van der Waals surface area contributed by atoms with Crippen molar-refractivity contribution in [2.45, 2.75) is 19.8 Å². The maximum Gasteiger partial charge on any atom is 0.252 e. The van der Waals surface area contributed by atoms with E-state index in [1.165, 1.54) is 0 Å². The molecule has 0 spiro atoms. The van der Waals surface area contributed by atoms with Crippen molar-refractivity contribution in [3.05, 3.63) is 28.2 Å². The summed E-state index contributed by atoms with van der Waals surface area (Å²) in [7, 11) is 2.14. The Hall–Kier alpha value is -1.07. The van der Waals surface area contributed by atoms with Crippen LogP contribution in [-0.2, 0) is 0 Å². The second-order valence-electron chi connectivity index (χ2n) is 6.04. The van der Waals surface area contributed by atoms with Gasteiger partial charge in [-0.2, -0.15) is 0 Å². The molecule has 5 heteroatoms. The zero-order valence-corrected chi connectivity index (χ0v) is 13.7. The molecule has 110 valence electrons. The van der Waals surface area contributed by atoms with Crippen LogP contribution in [0.2, 0.25) is 0 Å². The Kier molecular flexibility index (Phi) is 4.70. The number of carbonyl (C=O) groups excluding carboxylic acids is 1. The largest absolute Gasteiger partial charge is 0.399 e. The van der Waals surface area contributed by atoms with Crippen LogP contribution in [0.15, 0.2) is 22.7 Å². The summed E-state index contributed by atoms with van der Waals surface area (Å²) >= 11 is 3.40. The molecule has 0 radical (unpaired) electrons. The van der Waals surface area contributed by atoms with E-state index in [1.807, 2.05) is 6.07 Å². The number of piperidine rings is 1. The van der Waals surface area contributed by atoms with Crippen molar-refractivity contribution in [1.29, 1.82) is 0 Å². The van der Waals surface area contributed by atoms with E-state index in [4.69, 9.17) is 5.73 Å². The van der Waals surface area contributed by atoms with Gasteiger partial charge in [-0.1, -0.05) is 6.92 Å². The molecule has 1 aromatic carbocycles. The van der Waals surface area contributed by atoms with Crippen LogP contribution in [0.25, 0.3) is 0 Å². The van der Waals surface area contributed by atoms with Crippen LogP contribution in [0.4, 0.5) is 5.69 Å². The summed E-state index contributed by atoms with van der Waals surface area (Å²) in [6.07, 6.45) is 2.23. The second-order valence-corrected chi connectivity index (χ2v) is 6.89. The van der Waals surface area contributed by atoms with Crippen LogP contribution in [-0.4, -0.2) is 37.5 Å². The molecule has 20 heavy (non-hydrogen) atoms. The van der Waals surface area contributed by atoms with Gasteiger partial charge in [0.25, 0.3) is 5.91 Å². The molecule has 1 aliphatic rings. The quantitative estimate of drug-likeness (QED) is 0.832. The molecule has 2 rings (SSSR count). The minimum atomic E-state index is -0.0654. The number of nitrogen functional groups attached to an aromatic ring is 1. The van der Waals surface area contributed by atoms with Crippen molar-refractivity contribution in [3.8, 4) is 0 Å². The van der Waals surface area contributed by atoms with Gasteiger partial charge in [0, 0.05) is 16.7 Å². The average molecular weight is 340 g/mol. The molecule has 0 unspecified atom stereocenters. The molecule has 4 nitrogen and oxygen atoms in total. The first-order valence-electron chi connectivity index (χ1n) is 6.91. The van der Waals surface area contributed by atoms with Crippen LogP contribution in [0.5, 0.6) is 0 Å². The molecule has 1 aliphatic heterocycles. The van der Waals surface area contributed by atoms with Crippen molar-refractivity contribution in [2.24, 2.45) is 5.41 Å². The fourth-order valence-electron chi connectivity index (χ4n) is 2.44. The summed E-state index contributed by atoms with van der Waals surface area (Å²) in [4.78, 5) is 14.6.